The zero-order chi connectivity index (χ0) is 10.5. The van der Waals surface area contributed by atoms with Gasteiger partial charge in [0.1, 0.15) is 0 Å². The van der Waals surface area contributed by atoms with Crippen molar-refractivity contribution >= 4 is 21.2 Å². The topological polar surface area (TPSA) is 118 Å². The fourth-order valence-corrected chi connectivity index (χ4v) is 1.31. The molecule has 0 rings (SSSR count). The molecule has 0 aromatic rings. The normalized spacial score (nSPS) is 14.8. The van der Waals surface area contributed by atoms with Crippen molar-refractivity contribution in [2.75, 3.05) is 24.6 Å². The van der Waals surface area contributed by atoms with Crippen LogP contribution in [0.15, 0.2) is 0 Å². The van der Waals surface area contributed by atoms with E-state index < -0.39 is 27.0 Å². The highest BCUT2D eigenvalue weighted by atomic mass is 32.2. The lowest BCUT2D eigenvalue weighted by Crippen LogP contribution is -2.29. The second-order valence-corrected chi connectivity index (χ2v) is 4.84. The lowest BCUT2D eigenvalue weighted by Gasteiger charge is -2.14. The number of hydrogen-bond donors (Lipinski definition) is 2. The summed E-state index contributed by atoms with van der Waals surface area (Å²) in [4.78, 5) is 0. The van der Waals surface area contributed by atoms with Crippen molar-refractivity contribution in [2.45, 2.75) is 0 Å². The van der Waals surface area contributed by atoms with Gasteiger partial charge in [0.25, 0.3) is 10.1 Å². The van der Waals surface area contributed by atoms with E-state index >= 15 is 0 Å². The summed E-state index contributed by atoms with van der Waals surface area (Å²) in [7, 11) is -4.11. The average Bonchev–Trinajstić information content (AvgIpc) is 1.95. The molecule has 0 radical (unpaired) electrons. The lowest BCUT2D eigenvalue weighted by atomic mass is 10.6. The van der Waals surface area contributed by atoms with E-state index in [4.69, 9.17) is 9.76 Å². The van der Waals surface area contributed by atoms with Crippen LogP contribution in [0.3, 0.4) is 0 Å². The van der Waals surface area contributed by atoms with Crippen molar-refractivity contribution in [3.05, 3.63) is 0 Å². The molecule has 7 nitrogen and oxygen atoms in total. The Balaban J connectivity index is 3.64. The molecule has 0 fully saturated rings. The second kappa shape index (κ2) is 5.62. The van der Waals surface area contributed by atoms with Gasteiger partial charge < -0.3 is 9.76 Å². The van der Waals surface area contributed by atoms with Crippen LogP contribution >= 0.6 is 0 Å². The van der Waals surface area contributed by atoms with Gasteiger partial charge in [0.15, 0.2) is 0 Å². The van der Waals surface area contributed by atoms with Crippen LogP contribution in [0.25, 0.3) is 0 Å². The molecule has 0 aliphatic carbocycles. The standard InChI is InChI=1S/C4H11NO6S2/c6-5(1-3-12(7)8)2-4-13(9,10)11/h6H,1-4H2,(H,7,8)(H,9,10,11)/p-1. The van der Waals surface area contributed by atoms with Crippen LogP contribution in [0, 0.1) is 0 Å². The van der Waals surface area contributed by atoms with Crippen molar-refractivity contribution in [2.24, 2.45) is 0 Å². The van der Waals surface area contributed by atoms with Crippen LogP contribution in [0.2, 0.25) is 0 Å². The highest BCUT2D eigenvalue weighted by Crippen LogP contribution is 1.87. The first kappa shape index (κ1) is 12.9. The molecule has 0 saturated heterocycles. The molecule has 9 heteroatoms. The third-order valence-corrected chi connectivity index (χ3v) is 2.34. The summed E-state index contributed by atoms with van der Waals surface area (Å²) in [5, 5.41) is 9.36. The van der Waals surface area contributed by atoms with Crippen LogP contribution < -0.4 is 0 Å². The Morgan fingerprint density at radius 1 is 1.38 bits per heavy atom. The summed E-state index contributed by atoms with van der Waals surface area (Å²) in [6, 6.07) is 0. The van der Waals surface area contributed by atoms with Gasteiger partial charge in [-0.2, -0.15) is 13.5 Å². The zero-order valence-electron chi connectivity index (χ0n) is 6.62. The van der Waals surface area contributed by atoms with Gasteiger partial charge in [-0.25, -0.2) is 0 Å². The Hall–Kier alpha value is -0.0600. The number of rotatable bonds is 6. The molecule has 0 aromatic heterocycles. The van der Waals surface area contributed by atoms with Crippen LogP contribution in [0.4, 0.5) is 0 Å². The van der Waals surface area contributed by atoms with Crippen LogP contribution in [-0.4, -0.2) is 56.6 Å². The van der Waals surface area contributed by atoms with E-state index in [0.717, 1.165) is 0 Å². The Morgan fingerprint density at radius 2 is 1.92 bits per heavy atom. The van der Waals surface area contributed by atoms with Gasteiger partial charge in [-0.1, -0.05) is 11.1 Å². The van der Waals surface area contributed by atoms with Gasteiger partial charge in [-0.3, -0.25) is 8.76 Å². The van der Waals surface area contributed by atoms with Crippen molar-refractivity contribution in [1.29, 1.82) is 0 Å². The van der Waals surface area contributed by atoms with Crippen molar-refractivity contribution in [3.63, 3.8) is 0 Å². The maximum atomic E-state index is 10.2. The molecule has 13 heavy (non-hydrogen) atoms. The molecule has 0 bridgehead atoms. The van der Waals surface area contributed by atoms with E-state index in [2.05, 4.69) is 0 Å². The number of hydroxylamine groups is 2. The minimum Gasteiger partial charge on any atom is -0.772 e. The fourth-order valence-electron chi connectivity index (χ4n) is 0.512. The molecule has 0 spiro atoms. The first-order valence-corrected chi connectivity index (χ1v) is 6.11. The van der Waals surface area contributed by atoms with Gasteiger partial charge in [0.05, 0.1) is 5.75 Å². The van der Waals surface area contributed by atoms with Crippen LogP contribution in [-0.2, 0) is 21.2 Å². The lowest BCUT2D eigenvalue weighted by molar-refractivity contribution is -0.0801. The predicted molar refractivity (Wildman–Crippen MR) is 43.6 cm³/mol. The monoisotopic (exact) mass is 232 g/mol. The summed E-state index contributed by atoms with van der Waals surface area (Å²) >= 11 is -2.27. The summed E-state index contributed by atoms with van der Waals surface area (Å²) in [6.45, 7) is -0.512. The van der Waals surface area contributed by atoms with E-state index in [1.807, 2.05) is 0 Å². The Bertz CT molecular complexity index is 262. The summed E-state index contributed by atoms with van der Waals surface area (Å²) in [5.41, 5.74) is 0. The highest BCUT2D eigenvalue weighted by molar-refractivity contribution is 7.85. The van der Waals surface area contributed by atoms with Crippen LogP contribution in [0.1, 0.15) is 0 Å². The summed E-state index contributed by atoms with van der Waals surface area (Å²) in [5.74, 6) is -0.920. The Morgan fingerprint density at radius 3 is 2.31 bits per heavy atom. The molecule has 0 aliphatic heterocycles. The third-order valence-electron chi connectivity index (χ3n) is 1.12. The van der Waals surface area contributed by atoms with E-state index in [1.54, 1.807) is 0 Å². The van der Waals surface area contributed by atoms with E-state index in [-0.39, 0.29) is 18.8 Å². The smallest absolute Gasteiger partial charge is 0.266 e. The molecular weight excluding hydrogens is 222 g/mol. The van der Waals surface area contributed by atoms with E-state index in [9.17, 15) is 17.2 Å². The van der Waals surface area contributed by atoms with Crippen molar-refractivity contribution < 1.29 is 26.9 Å². The van der Waals surface area contributed by atoms with Crippen LogP contribution in [0.5, 0.6) is 0 Å². The van der Waals surface area contributed by atoms with Gasteiger partial charge in [0.2, 0.25) is 0 Å². The molecule has 1 atom stereocenters. The van der Waals surface area contributed by atoms with Gasteiger partial charge >= 0.3 is 0 Å². The summed E-state index contributed by atoms with van der Waals surface area (Å²) in [6.07, 6.45) is 0. The van der Waals surface area contributed by atoms with Gasteiger partial charge in [-0.05, 0) is 0 Å². The largest absolute Gasteiger partial charge is 0.772 e. The van der Waals surface area contributed by atoms with Crippen molar-refractivity contribution in [1.82, 2.24) is 5.06 Å². The summed E-state index contributed by atoms with van der Waals surface area (Å²) < 4.78 is 48.6. The maximum absolute atomic E-state index is 10.2. The minimum absolute atomic E-state index is 0.189. The number of nitrogens with zero attached hydrogens (tertiary/aromatic N) is 1. The van der Waals surface area contributed by atoms with Gasteiger partial charge in [0, 0.05) is 18.8 Å². The molecule has 0 aromatic carbocycles. The molecular formula is C4H10NO6S2-. The Labute approximate surface area is 78.3 Å². The molecule has 1 unspecified atom stereocenters. The zero-order valence-corrected chi connectivity index (χ0v) is 8.25. The van der Waals surface area contributed by atoms with Gasteiger partial charge in [-0.15, -0.1) is 0 Å². The average molecular weight is 232 g/mol. The molecule has 2 N–H and O–H groups in total. The predicted octanol–water partition coefficient (Wildman–Crippen LogP) is -1.56. The highest BCUT2D eigenvalue weighted by Gasteiger charge is 2.07. The maximum Gasteiger partial charge on any atom is 0.266 e. The molecule has 0 aliphatic rings. The molecule has 80 valence electrons. The van der Waals surface area contributed by atoms with E-state index in [1.165, 1.54) is 0 Å². The first-order valence-electron chi connectivity index (χ1n) is 3.26. The second-order valence-electron chi connectivity index (χ2n) is 2.25. The number of hydrogen-bond acceptors (Lipinski definition) is 6. The quantitative estimate of drug-likeness (QED) is 0.323. The molecule has 0 heterocycles. The van der Waals surface area contributed by atoms with E-state index in [0.29, 0.717) is 5.06 Å². The minimum atomic E-state index is -4.11. The molecule has 0 saturated carbocycles. The fraction of sp³-hybridized carbons (Fsp3) is 1.00. The molecule has 0 amide bonds. The SMILES string of the molecule is O=S([O-])CCN(O)CCS(=O)(=O)O. The Kier molecular flexibility index (Phi) is 5.60. The van der Waals surface area contributed by atoms with Crippen molar-refractivity contribution in [3.8, 4) is 0 Å². The first-order chi connectivity index (χ1) is 5.81. The third kappa shape index (κ3) is 9.86.